The summed E-state index contributed by atoms with van der Waals surface area (Å²) in [5, 5.41) is 15.7. The lowest BCUT2D eigenvalue weighted by molar-refractivity contribution is -0.384. The van der Waals surface area contributed by atoms with Crippen LogP contribution in [0.15, 0.2) is 48.5 Å². The summed E-state index contributed by atoms with van der Waals surface area (Å²) in [6.45, 7) is 1.80. The first-order valence-corrected chi connectivity index (χ1v) is 8.07. The molecule has 0 atom stereocenters. The molecule has 0 amide bonds. The first-order valence-electron chi connectivity index (χ1n) is 8.07. The van der Waals surface area contributed by atoms with Crippen molar-refractivity contribution < 1.29 is 19.2 Å². The Labute approximate surface area is 154 Å². The maximum Gasteiger partial charge on any atom is 0.376 e. The van der Waals surface area contributed by atoms with E-state index in [0.717, 1.165) is 4.68 Å². The summed E-state index contributed by atoms with van der Waals surface area (Å²) in [7, 11) is 1.55. The second-order valence-corrected chi connectivity index (χ2v) is 5.37. The average Bonchev–Trinajstić information content (AvgIpc) is 3.13. The number of hydrogen-bond donors (Lipinski definition) is 0. The Morgan fingerprint density at radius 2 is 1.89 bits per heavy atom. The van der Waals surface area contributed by atoms with Crippen LogP contribution in [0, 0.1) is 10.1 Å². The molecular weight excluding hydrogens is 352 g/mol. The van der Waals surface area contributed by atoms with Gasteiger partial charge in [-0.2, -0.15) is 4.68 Å². The molecule has 3 rings (SSSR count). The molecule has 1 heterocycles. The van der Waals surface area contributed by atoms with Gasteiger partial charge >= 0.3 is 5.97 Å². The van der Waals surface area contributed by atoms with Crippen LogP contribution >= 0.6 is 0 Å². The van der Waals surface area contributed by atoms with Gasteiger partial charge in [0.2, 0.25) is 5.82 Å². The van der Waals surface area contributed by atoms with Crippen LogP contribution in [-0.2, 0) is 4.74 Å². The van der Waals surface area contributed by atoms with Crippen LogP contribution in [0.4, 0.5) is 5.69 Å². The number of nitro benzene ring substituents is 1. The standard InChI is InChI=1S/C18H16N4O5/c1-3-27-18(23)17-19-16(12-8-10-13(26-2)11-9-12)20-21(17)14-6-4-5-7-15(14)22(24)25/h4-11H,3H2,1-2H3. The zero-order valence-corrected chi connectivity index (χ0v) is 14.7. The number of esters is 1. The lowest BCUT2D eigenvalue weighted by Crippen LogP contribution is -2.14. The van der Waals surface area contributed by atoms with E-state index < -0.39 is 10.9 Å². The third-order valence-corrected chi connectivity index (χ3v) is 3.72. The third-order valence-electron chi connectivity index (χ3n) is 3.72. The van der Waals surface area contributed by atoms with Crippen LogP contribution in [-0.4, -0.2) is 39.4 Å². The quantitative estimate of drug-likeness (QED) is 0.374. The van der Waals surface area contributed by atoms with E-state index >= 15 is 0 Å². The molecule has 1 aromatic heterocycles. The molecule has 9 heteroatoms. The van der Waals surface area contributed by atoms with Crippen LogP contribution < -0.4 is 4.74 Å². The fraction of sp³-hybridized carbons (Fsp3) is 0.167. The smallest absolute Gasteiger partial charge is 0.376 e. The molecule has 2 aromatic carbocycles. The summed E-state index contributed by atoms with van der Waals surface area (Å²) in [4.78, 5) is 27.4. The molecule has 0 aliphatic heterocycles. The average molecular weight is 368 g/mol. The number of nitrogens with zero attached hydrogens (tertiary/aromatic N) is 4. The molecule has 0 spiro atoms. The highest BCUT2D eigenvalue weighted by atomic mass is 16.6. The Kier molecular flexibility index (Phi) is 5.11. The molecule has 27 heavy (non-hydrogen) atoms. The zero-order valence-electron chi connectivity index (χ0n) is 14.7. The number of methoxy groups -OCH3 is 1. The Hall–Kier alpha value is -3.75. The Morgan fingerprint density at radius 3 is 2.52 bits per heavy atom. The van der Waals surface area contributed by atoms with Gasteiger partial charge in [0.25, 0.3) is 5.69 Å². The third kappa shape index (κ3) is 3.61. The Balaban J connectivity index is 2.16. The molecule has 0 aliphatic carbocycles. The summed E-state index contributed by atoms with van der Waals surface area (Å²) in [6.07, 6.45) is 0. The summed E-state index contributed by atoms with van der Waals surface area (Å²) in [5.74, 6) is 0.0289. The van der Waals surface area contributed by atoms with Crippen LogP contribution in [0.2, 0.25) is 0 Å². The normalized spacial score (nSPS) is 10.4. The Bertz CT molecular complexity index is 982. The lowest BCUT2D eigenvalue weighted by Gasteiger charge is -2.05. The van der Waals surface area contributed by atoms with Crippen molar-refractivity contribution in [3.8, 4) is 22.8 Å². The fourth-order valence-corrected chi connectivity index (χ4v) is 2.47. The summed E-state index contributed by atoms with van der Waals surface area (Å²) in [5.41, 5.74) is 0.547. The van der Waals surface area contributed by atoms with Crippen molar-refractivity contribution in [2.24, 2.45) is 0 Å². The van der Waals surface area contributed by atoms with Gasteiger partial charge in [-0.1, -0.05) is 12.1 Å². The number of nitro groups is 1. The van der Waals surface area contributed by atoms with E-state index in [1.54, 1.807) is 44.4 Å². The van der Waals surface area contributed by atoms with E-state index in [4.69, 9.17) is 9.47 Å². The number of aromatic nitrogens is 3. The van der Waals surface area contributed by atoms with Gasteiger partial charge in [-0.15, -0.1) is 5.10 Å². The van der Waals surface area contributed by atoms with Crippen molar-refractivity contribution in [3.05, 3.63) is 64.5 Å². The van der Waals surface area contributed by atoms with E-state index in [1.807, 2.05) is 0 Å². The van der Waals surface area contributed by atoms with Crippen molar-refractivity contribution in [1.29, 1.82) is 0 Å². The van der Waals surface area contributed by atoms with E-state index in [-0.39, 0.29) is 29.6 Å². The first kappa shape index (κ1) is 18.1. The molecule has 0 aliphatic rings. The molecule has 0 unspecified atom stereocenters. The van der Waals surface area contributed by atoms with E-state index in [1.165, 1.54) is 18.2 Å². The highest BCUT2D eigenvalue weighted by Gasteiger charge is 2.25. The van der Waals surface area contributed by atoms with Crippen LogP contribution in [0.5, 0.6) is 5.75 Å². The van der Waals surface area contributed by atoms with E-state index in [0.29, 0.717) is 11.3 Å². The number of hydrogen-bond acceptors (Lipinski definition) is 7. The highest BCUT2D eigenvalue weighted by molar-refractivity contribution is 5.87. The molecule has 0 bridgehead atoms. The number of benzene rings is 2. The molecule has 138 valence electrons. The van der Waals surface area contributed by atoms with Gasteiger partial charge in [0.15, 0.2) is 5.82 Å². The fourth-order valence-electron chi connectivity index (χ4n) is 2.47. The van der Waals surface area contributed by atoms with E-state index in [9.17, 15) is 14.9 Å². The minimum atomic E-state index is -0.720. The second kappa shape index (κ2) is 7.65. The summed E-state index contributed by atoms with van der Waals surface area (Å²) < 4.78 is 11.3. The van der Waals surface area contributed by atoms with Crippen molar-refractivity contribution in [2.45, 2.75) is 6.92 Å². The molecular formula is C18H16N4O5. The second-order valence-electron chi connectivity index (χ2n) is 5.37. The van der Waals surface area contributed by atoms with Gasteiger partial charge in [-0.05, 0) is 37.3 Å². The van der Waals surface area contributed by atoms with Crippen molar-refractivity contribution in [1.82, 2.24) is 14.8 Å². The number of ether oxygens (including phenoxy) is 2. The molecule has 3 aromatic rings. The first-order chi connectivity index (χ1) is 13.0. The van der Waals surface area contributed by atoms with Gasteiger partial charge in [0.1, 0.15) is 11.4 Å². The molecule has 0 N–H and O–H groups in total. The van der Waals surface area contributed by atoms with Gasteiger partial charge < -0.3 is 9.47 Å². The summed E-state index contributed by atoms with van der Waals surface area (Å²) >= 11 is 0. The van der Waals surface area contributed by atoms with Crippen molar-refractivity contribution in [2.75, 3.05) is 13.7 Å². The zero-order chi connectivity index (χ0) is 19.4. The maximum atomic E-state index is 12.3. The largest absolute Gasteiger partial charge is 0.497 e. The topological polar surface area (TPSA) is 109 Å². The molecule has 0 saturated heterocycles. The van der Waals surface area contributed by atoms with Gasteiger partial charge in [-0.25, -0.2) is 9.78 Å². The molecule has 0 radical (unpaired) electrons. The minimum Gasteiger partial charge on any atom is -0.497 e. The van der Waals surface area contributed by atoms with Crippen molar-refractivity contribution in [3.63, 3.8) is 0 Å². The molecule has 9 nitrogen and oxygen atoms in total. The number of para-hydroxylation sites is 2. The predicted octanol–water partition coefficient (Wildman–Crippen LogP) is 3.03. The van der Waals surface area contributed by atoms with E-state index in [2.05, 4.69) is 10.1 Å². The van der Waals surface area contributed by atoms with Gasteiger partial charge in [0.05, 0.1) is 18.6 Å². The maximum absolute atomic E-state index is 12.3. The van der Waals surface area contributed by atoms with Crippen LogP contribution in [0.1, 0.15) is 17.5 Å². The SMILES string of the molecule is CCOC(=O)c1nc(-c2ccc(OC)cc2)nn1-c1ccccc1[N+](=O)[O-]. The molecule has 0 saturated carbocycles. The minimum absolute atomic E-state index is 0.123. The molecule has 0 fully saturated rings. The summed E-state index contributed by atoms with van der Waals surface area (Å²) in [6, 6.07) is 12.9. The monoisotopic (exact) mass is 368 g/mol. The lowest BCUT2D eigenvalue weighted by atomic mass is 10.2. The van der Waals surface area contributed by atoms with Crippen molar-refractivity contribution >= 4 is 11.7 Å². The number of carbonyl (C=O) groups is 1. The Morgan fingerprint density at radius 1 is 1.19 bits per heavy atom. The number of carbonyl (C=O) groups excluding carboxylic acids is 1. The van der Waals surface area contributed by atoms with Gasteiger partial charge in [-0.3, -0.25) is 10.1 Å². The van der Waals surface area contributed by atoms with Gasteiger partial charge in [0, 0.05) is 11.6 Å². The van der Waals surface area contributed by atoms with Crippen LogP contribution in [0.3, 0.4) is 0 Å². The highest BCUT2D eigenvalue weighted by Crippen LogP contribution is 2.26. The van der Waals surface area contributed by atoms with Crippen LogP contribution in [0.25, 0.3) is 17.1 Å². The predicted molar refractivity (Wildman–Crippen MR) is 96.0 cm³/mol. The number of rotatable bonds is 6.